The van der Waals surface area contributed by atoms with Crippen LogP contribution in [0.3, 0.4) is 0 Å². The van der Waals surface area contributed by atoms with E-state index in [2.05, 4.69) is 28.9 Å². The fourth-order valence-electron chi connectivity index (χ4n) is 2.45. The van der Waals surface area contributed by atoms with Gasteiger partial charge in [0.05, 0.1) is 5.38 Å². The highest BCUT2D eigenvalue weighted by atomic mass is 79.9. The second-order valence-corrected chi connectivity index (χ2v) is 7.32. The number of halogens is 2. The van der Waals surface area contributed by atoms with Crippen LogP contribution in [0.2, 0.25) is 0 Å². The molecule has 0 N–H and O–H groups in total. The van der Waals surface area contributed by atoms with E-state index in [1.54, 1.807) is 0 Å². The van der Waals surface area contributed by atoms with Crippen molar-refractivity contribution in [2.75, 3.05) is 0 Å². The van der Waals surface area contributed by atoms with Gasteiger partial charge in [-0.1, -0.05) is 25.7 Å². The molecule has 0 amide bonds. The van der Waals surface area contributed by atoms with E-state index in [0.29, 0.717) is 5.92 Å². The second-order valence-electron chi connectivity index (χ2n) is 4.71. The van der Waals surface area contributed by atoms with Crippen LogP contribution in [-0.4, -0.2) is 0 Å². The molecule has 3 heteroatoms. The van der Waals surface area contributed by atoms with E-state index < -0.39 is 0 Å². The van der Waals surface area contributed by atoms with Gasteiger partial charge in [0, 0.05) is 14.2 Å². The lowest BCUT2D eigenvalue weighted by Crippen LogP contribution is -2.05. The molecule has 1 heterocycles. The lowest BCUT2D eigenvalue weighted by atomic mass is 9.95. The van der Waals surface area contributed by atoms with Crippen LogP contribution in [0.4, 0.5) is 0 Å². The summed E-state index contributed by atoms with van der Waals surface area (Å²) in [5.41, 5.74) is 0. The van der Waals surface area contributed by atoms with E-state index in [1.165, 1.54) is 52.8 Å². The summed E-state index contributed by atoms with van der Waals surface area (Å²) in [6.07, 6.45) is 8.13. The Balaban J connectivity index is 2.07. The number of hydrogen-bond acceptors (Lipinski definition) is 1. The van der Waals surface area contributed by atoms with Crippen LogP contribution in [0.25, 0.3) is 0 Å². The molecule has 90 valence electrons. The zero-order valence-corrected chi connectivity index (χ0v) is 12.8. The first-order valence-corrected chi connectivity index (χ1v) is 8.13. The van der Waals surface area contributed by atoms with Crippen LogP contribution in [0.5, 0.6) is 0 Å². The van der Waals surface area contributed by atoms with Crippen molar-refractivity contribution in [1.29, 1.82) is 0 Å². The van der Waals surface area contributed by atoms with Crippen LogP contribution in [0.15, 0.2) is 10.5 Å². The van der Waals surface area contributed by atoms with Crippen LogP contribution < -0.4 is 0 Å². The van der Waals surface area contributed by atoms with Gasteiger partial charge in [0.1, 0.15) is 0 Å². The van der Waals surface area contributed by atoms with Gasteiger partial charge in [0.2, 0.25) is 0 Å². The van der Waals surface area contributed by atoms with Crippen molar-refractivity contribution in [2.45, 2.75) is 50.8 Å². The Morgan fingerprint density at radius 2 is 1.94 bits per heavy atom. The molecule has 1 aliphatic carbocycles. The molecule has 0 aliphatic heterocycles. The van der Waals surface area contributed by atoms with Crippen LogP contribution in [0.1, 0.15) is 53.7 Å². The SMILES string of the molecule is Cc1sc(C(Cl)C2CCCCCC2)cc1Br. The molecule has 2 rings (SSSR count). The minimum atomic E-state index is 0.230. The Labute approximate surface area is 116 Å². The van der Waals surface area contributed by atoms with Gasteiger partial charge >= 0.3 is 0 Å². The third-order valence-corrected chi connectivity index (χ3v) is 6.40. The quantitative estimate of drug-likeness (QED) is 0.458. The van der Waals surface area contributed by atoms with Crippen molar-refractivity contribution in [3.63, 3.8) is 0 Å². The summed E-state index contributed by atoms with van der Waals surface area (Å²) in [5.74, 6) is 0.689. The van der Waals surface area contributed by atoms with Gasteiger partial charge in [0.25, 0.3) is 0 Å². The summed E-state index contributed by atoms with van der Waals surface area (Å²) in [4.78, 5) is 2.69. The Kier molecular flexibility index (Phi) is 4.75. The minimum Gasteiger partial charge on any atom is -0.143 e. The molecule has 1 aromatic heterocycles. The zero-order chi connectivity index (χ0) is 11.5. The maximum Gasteiger partial charge on any atom is 0.0707 e. The first kappa shape index (κ1) is 12.9. The van der Waals surface area contributed by atoms with Crippen molar-refractivity contribution in [3.8, 4) is 0 Å². The number of rotatable bonds is 2. The van der Waals surface area contributed by atoms with Gasteiger partial charge in [0.15, 0.2) is 0 Å². The Bertz CT molecular complexity index is 320. The van der Waals surface area contributed by atoms with Crippen LogP contribution >= 0.6 is 38.9 Å². The van der Waals surface area contributed by atoms with Crippen molar-refractivity contribution in [3.05, 3.63) is 20.3 Å². The average molecular weight is 322 g/mol. The largest absolute Gasteiger partial charge is 0.143 e. The molecule has 1 aliphatic rings. The predicted molar refractivity (Wildman–Crippen MR) is 76.5 cm³/mol. The first-order valence-electron chi connectivity index (χ1n) is 6.08. The van der Waals surface area contributed by atoms with E-state index in [1.807, 2.05) is 11.3 Å². The predicted octanol–water partition coefficient (Wildman–Crippen LogP) is 6.07. The van der Waals surface area contributed by atoms with Crippen molar-refractivity contribution in [2.24, 2.45) is 5.92 Å². The zero-order valence-electron chi connectivity index (χ0n) is 9.64. The fourth-order valence-corrected chi connectivity index (χ4v) is 4.53. The molecule has 0 aromatic carbocycles. The standard InChI is InChI=1S/C13H18BrClS/c1-9-11(14)8-12(16-9)13(15)10-6-4-2-3-5-7-10/h8,10,13H,2-7H2,1H3. The molecule has 1 unspecified atom stereocenters. The molecule has 1 atom stereocenters. The second kappa shape index (κ2) is 5.88. The maximum absolute atomic E-state index is 6.63. The normalized spacial score (nSPS) is 20.7. The Morgan fingerprint density at radius 3 is 2.44 bits per heavy atom. The van der Waals surface area contributed by atoms with E-state index in [4.69, 9.17) is 11.6 Å². The monoisotopic (exact) mass is 320 g/mol. The van der Waals surface area contributed by atoms with E-state index in [9.17, 15) is 0 Å². The van der Waals surface area contributed by atoms with Gasteiger partial charge in [-0.3, -0.25) is 0 Å². The third kappa shape index (κ3) is 3.02. The highest BCUT2D eigenvalue weighted by Gasteiger charge is 2.24. The summed E-state index contributed by atoms with van der Waals surface area (Å²) in [5, 5.41) is 0.230. The summed E-state index contributed by atoms with van der Waals surface area (Å²) in [6.45, 7) is 2.15. The molecule has 0 saturated heterocycles. The fraction of sp³-hybridized carbons (Fsp3) is 0.692. The van der Waals surface area contributed by atoms with E-state index >= 15 is 0 Å². The summed E-state index contributed by atoms with van der Waals surface area (Å²) >= 11 is 12.1. The molecule has 0 spiro atoms. The lowest BCUT2D eigenvalue weighted by Gasteiger charge is -2.19. The summed E-state index contributed by atoms with van der Waals surface area (Å²) in [6, 6.07) is 2.21. The number of alkyl halides is 1. The van der Waals surface area contributed by atoms with Gasteiger partial charge in [-0.05, 0) is 47.7 Å². The first-order chi connectivity index (χ1) is 7.68. The molecular formula is C13H18BrClS. The molecular weight excluding hydrogens is 304 g/mol. The van der Waals surface area contributed by atoms with Gasteiger partial charge in [-0.15, -0.1) is 22.9 Å². The van der Waals surface area contributed by atoms with Crippen molar-refractivity contribution >= 4 is 38.9 Å². The summed E-state index contributed by atoms with van der Waals surface area (Å²) < 4.78 is 1.21. The average Bonchev–Trinajstić information content (AvgIpc) is 2.51. The van der Waals surface area contributed by atoms with Gasteiger partial charge < -0.3 is 0 Å². The highest BCUT2D eigenvalue weighted by molar-refractivity contribution is 9.10. The van der Waals surface area contributed by atoms with Gasteiger partial charge in [-0.25, -0.2) is 0 Å². The number of aryl methyl sites for hydroxylation is 1. The van der Waals surface area contributed by atoms with Crippen LogP contribution in [-0.2, 0) is 0 Å². The molecule has 0 nitrogen and oxygen atoms in total. The topological polar surface area (TPSA) is 0 Å². The molecule has 0 bridgehead atoms. The minimum absolute atomic E-state index is 0.230. The molecule has 0 radical (unpaired) electrons. The molecule has 1 fully saturated rings. The summed E-state index contributed by atoms with van der Waals surface area (Å²) in [7, 11) is 0. The smallest absolute Gasteiger partial charge is 0.0707 e. The Hall–Kier alpha value is 0.470. The number of thiophene rings is 1. The van der Waals surface area contributed by atoms with Crippen molar-refractivity contribution in [1.82, 2.24) is 0 Å². The lowest BCUT2D eigenvalue weighted by molar-refractivity contribution is 0.448. The Morgan fingerprint density at radius 1 is 1.31 bits per heavy atom. The molecule has 1 saturated carbocycles. The van der Waals surface area contributed by atoms with Gasteiger partial charge in [-0.2, -0.15) is 0 Å². The van der Waals surface area contributed by atoms with E-state index in [0.717, 1.165) is 0 Å². The van der Waals surface area contributed by atoms with Crippen LogP contribution in [0, 0.1) is 12.8 Å². The number of hydrogen-bond donors (Lipinski definition) is 0. The maximum atomic E-state index is 6.63. The molecule has 16 heavy (non-hydrogen) atoms. The van der Waals surface area contributed by atoms with Crippen molar-refractivity contribution < 1.29 is 0 Å². The van der Waals surface area contributed by atoms with E-state index in [-0.39, 0.29) is 5.38 Å². The molecule has 1 aromatic rings. The highest BCUT2D eigenvalue weighted by Crippen LogP contribution is 2.42. The third-order valence-electron chi connectivity index (χ3n) is 3.46.